The first kappa shape index (κ1) is 14.9. The van der Waals surface area contributed by atoms with E-state index in [1.807, 2.05) is 0 Å². The van der Waals surface area contributed by atoms with Crippen molar-refractivity contribution >= 4 is 23.2 Å². The molecule has 0 N–H and O–H groups in total. The fourth-order valence-electron chi connectivity index (χ4n) is 1.64. The summed E-state index contributed by atoms with van der Waals surface area (Å²) < 4.78 is 42.9. The van der Waals surface area contributed by atoms with Gasteiger partial charge in [0, 0.05) is 16.8 Å². The lowest BCUT2D eigenvalue weighted by Gasteiger charge is -2.12. The molecule has 0 aliphatic rings. The first-order valence-electron chi connectivity index (χ1n) is 5.39. The third-order valence-corrected chi connectivity index (χ3v) is 3.13. The molecule has 0 saturated heterocycles. The van der Waals surface area contributed by atoms with Crippen LogP contribution in [0.25, 0.3) is 11.3 Å². The van der Waals surface area contributed by atoms with Gasteiger partial charge in [-0.25, -0.2) is 0 Å². The number of nitrogens with zero attached hydrogens (tertiary/aromatic N) is 1. The van der Waals surface area contributed by atoms with Crippen LogP contribution in [0.15, 0.2) is 30.5 Å². The van der Waals surface area contributed by atoms with E-state index in [-0.39, 0.29) is 16.5 Å². The molecule has 106 valence electrons. The van der Waals surface area contributed by atoms with Crippen LogP contribution in [0.2, 0.25) is 10.0 Å². The Bertz CT molecular complexity index is 644. The van der Waals surface area contributed by atoms with Crippen molar-refractivity contribution in [2.45, 2.75) is 6.18 Å². The monoisotopic (exact) mass is 321 g/mol. The summed E-state index contributed by atoms with van der Waals surface area (Å²) in [5.74, 6) is -0.0101. The number of hydrogen-bond acceptors (Lipinski definition) is 2. The molecule has 0 radical (unpaired) electrons. The van der Waals surface area contributed by atoms with Gasteiger partial charge in [0.25, 0.3) is 0 Å². The molecule has 2 aromatic rings. The fourth-order valence-corrected chi connectivity index (χ4v) is 2.14. The van der Waals surface area contributed by atoms with Crippen LogP contribution in [0.1, 0.15) is 5.56 Å². The van der Waals surface area contributed by atoms with Crippen molar-refractivity contribution in [2.75, 3.05) is 7.11 Å². The van der Waals surface area contributed by atoms with Crippen molar-refractivity contribution < 1.29 is 17.9 Å². The van der Waals surface area contributed by atoms with E-state index in [1.54, 1.807) is 12.1 Å². The van der Waals surface area contributed by atoms with Gasteiger partial charge in [-0.1, -0.05) is 23.2 Å². The Balaban J connectivity index is 2.57. The molecule has 0 bridgehead atoms. The molecule has 7 heteroatoms. The number of alkyl halides is 3. The van der Waals surface area contributed by atoms with Crippen molar-refractivity contribution in [2.24, 2.45) is 0 Å². The van der Waals surface area contributed by atoms with E-state index in [2.05, 4.69) is 4.98 Å². The minimum atomic E-state index is -4.48. The third kappa shape index (κ3) is 2.99. The van der Waals surface area contributed by atoms with Gasteiger partial charge in [-0.3, -0.25) is 4.98 Å². The molecule has 0 atom stereocenters. The van der Waals surface area contributed by atoms with Crippen molar-refractivity contribution in [3.8, 4) is 17.0 Å². The average molecular weight is 322 g/mol. The Morgan fingerprint density at radius 2 is 1.85 bits per heavy atom. The zero-order chi connectivity index (χ0) is 14.9. The van der Waals surface area contributed by atoms with Crippen LogP contribution in [0.5, 0.6) is 5.75 Å². The number of halogens is 5. The van der Waals surface area contributed by atoms with Crippen LogP contribution in [0.4, 0.5) is 13.2 Å². The zero-order valence-corrected chi connectivity index (χ0v) is 11.6. The van der Waals surface area contributed by atoms with Gasteiger partial charge < -0.3 is 4.74 Å². The Kier molecular flexibility index (Phi) is 4.11. The molecule has 1 aromatic heterocycles. The highest BCUT2D eigenvalue weighted by atomic mass is 35.5. The highest BCUT2D eigenvalue weighted by Crippen LogP contribution is 2.38. The first-order chi connectivity index (χ1) is 9.32. The summed E-state index contributed by atoms with van der Waals surface area (Å²) in [6, 6.07) is 5.51. The Labute approximate surface area is 123 Å². The highest BCUT2D eigenvalue weighted by Gasteiger charge is 2.32. The Hall–Kier alpha value is -1.46. The molecule has 1 heterocycles. The molecule has 0 spiro atoms. The first-order valence-corrected chi connectivity index (χ1v) is 6.15. The Morgan fingerprint density at radius 1 is 1.15 bits per heavy atom. The van der Waals surface area contributed by atoms with Crippen molar-refractivity contribution in [1.29, 1.82) is 0 Å². The number of benzene rings is 1. The minimum absolute atomic E-state index is 0.0101. The molecule has 1 aromatic carbocycles. The third-order valence-electron chi connectivity index (χ3n) is 2.59. The number of rotatable bonds is 2. The quantitative estimate of drug-likeness (QED) is 0.769. The van der Waals surface area contributed by atoms with Gasteiger partial charge in [0.1, 0.15) is 11.4 Å². The van der Waals surface area contributed by atoms with Crippen molar-refractivity contribution in [3.05, 3.63) is 46.1 Å². The molecule has 0 amide bonds. The lowest BCUT2D eigenvalue weighted by molar-refractivity contribution is -0.137. The normalized spacial score (nSPS) is 11.5. The van der Waals surface area contributed by atoms with Crippen LogP contribution >= 0.6 is 23.2 Å². The second kappa shape index (κ2) is 5.50. The van der Waals surface area contributed by atoms with Crippen molar-refractivity contribution in [1.82, 2.24) is 4.98 Å². The predicted molar refractivity (Wildman–Crippen MR) is 71.2 cm³/mol. The average Bonchev–Trinajstić information content (AvgIpc) is 2.37. The summed E-state index contributed by atoms with van der Waals surface area (Å²) in [7, 11) is 1.27. The number of pyridine rings is 1. The molecule has 2 nitrogen and oxygen atoms in total. The fraction of sp³-hybridized carbons (Fsp3) is 0.154. The second-order valence-corrected chi connectivity index (χ2v) is 4.74. The van der Waals surface area contributed by atoms with E-state index in [0.717, 1.165) is 12.3 Å². The van der Waals surface area contributed by atoms with Crippen LogP contribution in [0.3, 0.4) is 0 Å². The maximum atomic E-state index is 12.6. The van der Waals surface area contributed by atoms with E-state index in [1.165, 1.54) is 13.2 Å². The standard InChI is InChI=1S/C13H8Cl2F3NO/c1-20-11-4-7(13(16,17)18)6-19-12(11)9-3-2-8(14)5-10(9)15/h2-6H,1H3. The van der Waals surface area contributed by atoms with Crippen LogP contribution < -0.4 is 4.74 Å². The van der Waals surface area contributed by atoms with Gasteiger partial charge in [-0.15, -0.1) is 0 Å². The lowest BCUT2D eigenvalue weighted by atomic mass is 10.1. The maximum absolute atomic E-state index is 12.6. The summed E-state index contributed by atoms with van der Waals surface area (Å²) in [6.45, 7) is 0. The molecule has 0 unspecified atom stereocenters. The van der Waals surface area contributed by atoms with Crippen LogP contribution in [0, 0.1) is 0 Å². The largest absolute Gasteiger partial charge is 0.494 e. The zero-order valence-electron chi connectivity index (χ0n) is 10.1. The summed E-state index contributed by atoms with van der Waals surface area (Å²) >= 11 is 11.8. The molecule has 0 saturated carbocycles. The van der Waals surface area contributed by atoms with Crippen molar-refractivity contribution in [3.63, 3.8) is 0 Å². The summed E-state index contributed by atoms with van der Waals surface area (Å²) in [5.41, 5.74) is -0.216. The van der Waals surface area contributed by atoms with Gasteiger partial charge in [0.05, 0.1) is 17.7 Å². The minimum Gasteiger partial charge on any atom is -0.494 e. The number of aromatic nitrogens is 1. The van der Waals surface area contributed by atoms with Gasteiger partial charge in [0.15, 0.2) is 0 Å². The van der Waals surface area contributed by atoms with Crippen LogP contribution in [-0.4, -0.2) is 12.1 Å². The predicted octanol–water partition coefficient (Wildman–Crippen LogP) is 5.08. The van der Waals surface area contributed by atoms with Gasteiger partial charge >= 0.3 is 6.18 Å². The molecular weight excluding hydrogens is 314 g/mol. The molecule has 2 rings (SSSR count). The molecule has 0 aliphatic heterocycles. The van der Waals surface area contributed by atoms with E-state index < -0.39 is 11.7 Å². The molecule has 0 aliphatic carbocycles. The Morgan fingerprint density at radius 3 is 2.40 bits per heavy atom. The topological polar surface area (TPSA) is 22.1 Å². The highest BCUT2D eigenvalue weighted by molar-refractivity contribution is 6.36. The van der Waals surface area contributed by atoms with E-state index in [0.29, 0.717) is 10.6 Å². The summed E-state index contributed by atoms with van der Waals surface area (Å²) in [5, 5.41) is 0.702. The second-order valence-electron chi connectivity index (χ2n) is 3.90. The van der Waals surface area contributed by atoms with E-state index in [9.17, 15) is 13.2 Å². The summed E-state index contributed by atoms with van der Waals surface area (Å²) in [6.07, 6.45) is -3.74. The van der Waals surface area contributed by atoms with Gasteiger partial charge in [0.2, 0.25) is 0 Å². The number of ether oxygens (including phenoxy) is 1. The number of hydrogen-bond donors (Lipinski definition) is 0. The van der Waals surface area contributed by atoms with E-state index in [4.69, 9.17) is 27.9 Å². The summed E-state index contributed by atoms with van der Waals surface area (Å²) in [4.78, 5) is 3.80. The van der Waals surface area contributed by atoms with Gasteiger partial charge in [-0.05, 0) is 24.3 Å². The molecule has 0 fully saturated rings. The molecule has 20 heavy (non-hydrogen) atoms. The van der Waals surface area contributed by atoms with Crippen LogP contribution in [-0.2, 0) is 6.18 Å². The van der Waals surface area contributed by atoms with Gasteiger partial charge in [-0.2, -0.15) is 13.2 Å². The lowest BCUT2D eigenvalue weighted by Crippen LogP contribution is -2.06. The smallest absolute Gasteiger partial charge is 0.418 e. The maximum Gasteiger partial charge on any atom is 0.418 e. The number of methoxy groups -OCH3 is 1. The molecular formula is C13H8Cl2F3NO. The SMILES string of the molecule is COc1cc(C(F)(F)F)cnc1-c1ccc(Cl)cc1Cl. The van der Waals surface area contributed by atoms with E-state index >= 15 is 0 Å².